The normalized spacial score (nSPS) is 24.5. The van der Waals surface area contributed by atoms with Gasteiger partial charge < -0.3 is 5.32 Å². The van der Waals surface area contributed by atoms with Crippen LogP contribution in [0.25, 0.3) is 0 Å². The average Bonchev–Trinajstić information content (AvgIpc) is 3.04. The van der Waals surface area contributed by atoms with Crippen molar-refractivity contribution in [3.63, 3.8) is 0 Å². The lowest BCUT2D eigenvalue weighted by molar-refractivity contribution is 0.420. The Balaban J connectivity index is 1.84. The summed E-state index contributed by atoms with van der Waals surface area (Å²) in [5, 5.41) is 8.48. The minimum atomic E-state index is -3.96. The number of fused-ring (bicyclic) bond motifs is 3. The van der Waals surface area contributed by atoms with Gasteiger partial charge in [-0.3, -0.25) is 0 Å². The molecule has 0 radical (unpaired) electrons. The average molecular weight is 423 g/mol. The maximum absolute atomic E-state index is 14.7. The van der Waals surface area contributed by atoms with Crippen molar-refractivity contribution in [1.29, 1.82) is 0 Å². The number of hydrogen-bond donors (Lipinski definition) is 2. The summed E-state index contributed by atoms with van der Waals surface area (Å²) in [4.78, 5) is -0.188. The van der Waals surface area contributed by atoms with Gasteiger partial charge in [-0.15, -0.1) is 0 Å². The molecule has 0 fully saturated rings. The first-order valence-electron chi connectivity index (χ1n) is 7.89. The van der Waals surface area contributed by atoms with Crippen molar-refractivity contribution in [3.8, 4) is 0 Å². The summed E-state index contributed by atoms with van der Waals surface area (Å²) >= 11 is 3.43. The highest BCUT2D eigenvalue weighted by atomic mass is 79.9. The van der Waals surface area contributed by atoms with Gasteiger partial charge in [-0.05, 0) is 47.7 Å². The fraction of sp³-hybridized carbons (Fsp3) is 0.222. The molecule has 3 atom stereocenters. The lowest BCUT2D eigenvalue weighted by atomic mass is 9.77. The molecule has 130 valence electrons. The molecule has 25 heavy (non-hydrogen) atoms. The van der Waals surface area contributed by atoms with E-state index < -0.39 is 15.8 Å². The van der Waals surface area contributed by atoms with Crippen molar-refractivity contribution in [2.75, 3.05) is 5.32 Å². The van der Waals surface area contributed by atoms with Gasteiger partial charge in [-0.2, -0.15) is 0 Å². The third-order valence-electron chi connectivity index (χ3n) is 4.95. The quantitative estimate of drug-likeness (QED) is 0.716. The molecule has 1 heterocycles. The van der Waals surface area contributed by atoms with E-state index in [1.165, 1.54) is 6.07 Å². The Kier molecular flexibility index (Phi) is 3.97. The monoisotopic (exact) mass is 422 g/mol. The molecule has 4 nitrogen and oxygen atoms in total. The van der Waals surface area contributed by atoms with Crippen molar-refractivity contribution in [1.82, 2.24) is 0 Å². The molecule has 4 rings (SSSR count). The molecule has 0 bridgehead atoms. The van der Waals surface area contributed by atoms with Crippen LogP contribution in [0.3, 0.4) is 0 Å². The van der Waals surface area contributed by atoms with Crippen LogP contribution in [0.15, 0.2) is 57.9 Å². The molecule has 0 saturated heterocycles. The third kappa shape index (κ3) is 2.90. The lowest BCUT2D eigenvalue weighted by Gasteiger charge is -2.37. The van der Waals surface area contributed by atoms with Crippen LogP contribution in [0, 0.1) is 11.7 Å². The summed E-state index contributed by atoms with van der Waals surface area (Å²) in [5.74, 6) is -0.438. The first-order valence-corrected chi connectivity index (χ1v) is 10.2. The van der Waals surface area contributed by atoms with Gasteiger partial charge in [0.2, 0.25) is 10.0 Å². The van der Waals surface area contributed by atoms with E-state index in [1.54, 1.807) is 0 Å². The summed E-state index contributed by atoms with van der Waals surface area (Å²) in [6.45, 7) is 0. The van der Waals surface area contributed by atoms with Gasteiger partial charge in [-0.1, -0.05) is 40.2 Å². The second-order valence-corrected chi connectivity index (χ2v) is 8.92. The van der Waals surface area contributed by atoms with Gasteiger partial charge in [0.25, 0.3) is 0 Å². The van der Waals surface area contributed by atoms with E-state index in [0.717, 1.165) is 22.5 Å². The minimum absolute atomic E-state index is 0.0407. The number of benzene rings is 2. The maximum atomic E-state index is 14.7. The summed E-state index contributed by atoms with van der Waals surface area (Å²) in [6.07, 6.45) is 4.95. The minimum Gasteiger partial charge on any atom is -0.375 e. The van der Waals surface area contributed by atoms with Gasteiger partial charge >= 0.3 is 0 Å². The Hall–Kier alpha value is -1.70. The standard InChI is InChI=1S/C18H16BrFN2O2S/c19-11-6-4-10(5-7-11)17-14-3-1-2-13(14)15-8-12(25(21,23)24)9-16(20)18(15)22-17/h1-2,4-9,13-14,17,22H,3H2,(H2,21,23,24)/t13-,14+,17+/m0/s1. The molecule has 0 amide bonds. The molecule has 2 aromatic carbocycles. The van der Waals surface area contributed by atoms with Crippen LogP contribution in [0.1, 0.15) is 29.5 Å². The highest BCUT2D eigenvalue weighted by Gasteiger charge is 2.39. The number of halogens is 2. The second kappa shape index (κ2) is 5.93. The van der Waals surface area contributed by atoms with Crippen molar-refractivity contribution in [2.45, 2.75) is 23.3 Å². The molecule has 0 unspecified atom stereocenters. The lowest BCUT2D eigenvalue weighted by Crippen LogP contribution is -2.30. The topological polar surface area (TPSA) is 72.2 Å². The molecule has 2 aliphatic rings. The molecule has 7 heteroatoms. The summed E-state index contributed by atoms with van der Waals surface area (Å²) in [6, 6.07) is 10.4. The van der Waals surface area contributed by atoms with E-state index in [1.807, 2.05) is 30.3 Å². The van der Waals surface area contributed by atoms with Gasteiger partial charge in [0, 0.05) is 10.4 Å². The number of anilines is 1. The molecule has 2 aromatic rings. The van der Waals surface area contributed by atoms with Gasteiger partial charge in [0.05, 0.1) is 16.6 Å². The Morgan fingerprint density at radius 3 is 2.60 bits per heavy atom. The van der Waals surface area contributed by atoms with Crippen LogP contribution in [-0.2, 0) is 10.0 Å². The summed E-state index contributed by atoms with van der Waals surface area (Å²) in [7, 11) is -3.96. The smallest absolute Gasteiger partial charge is 0.238 e. The van der Waals surface area contributed by atoms with E-state index in [4.69, 9.17) is 5.14 Å². The fourth-order valence-corrected chi connectivity index (χ4v) is 4.62. The Labute approximate surface area is 154 Å². The van der Waals surface area contributed by atoms with Crippen LogP contribution in [0.4, 0.5) is 10.1 Å². The Bertz CT molecular complexity index is 973. The molecule has 1 aliphatic heterocycles. The first kappa shape index (κ1) is 16.8. The number of nitrogens with one attached hydrogen (secondary N) is 1. The van der Waals surface area contributed by atoms with Crippen molar-refractivity contribution < 1.29 is 12.8 Å². The van der Waals surface area contributed by atoms with E-state index in [-0.39, 0.29) is 22.8 Å². The highest BCUT2D eigenvalue weighted by Crippen LogP contribution is 2.50. The number of primary sulfonamides is 1. The molecular weight excluding hydrogens is 407 g/mol. The van der Waals surface area contributed by atoms with Gasteiger partial charge in [0.1, 0.15) is 5.82 Å². The Morgan fingerprint density at radius 2 is 1.92 bits per heavy atom. The second-order valence-electron chi connectivity index (χ2n) is 6.44. The molecule has 0 saturated carbocycles. The summed E-state index contributed by atoms with van der Waals surface area (Å²) in [5.41, 5.74) is 2.08. The zero-order valence-electron chi connectivity index (χ0n) is 13.1. The third-order valence-corrected chi connectivity index (χ3v) is 6.37. The first-order chi connectivity index (χ1) is 11.8. The number of rotatable bonds is 2. The van der Waals surface area contributed by atoms with Crippen LogP contribution >= 0.6 is 15.9 Å². The van der Waals surface area contributed by atoms with E-state index in [2.05, 4.69) is 27.3 Å². The SMILES string of the molecule is NS(=O)(=O)c1cc(F)c2c(c1)[C@H]1C=CC[C@H]1[C@@H](c1ccc(Br)cc1)N2. The fourth-order valence-electron chi connectivity index (χ4n) is 3.79. The number of nitrogens with two attached hydrogens (primary N) is 1. The molecule has 0 aromatic heterocycles. The van der Waals surface area contributed by atoms with Crippen LogP contribution in [0.2, 0.25) is 0 Å². The number of sulfonamides is 1. The van der Waals surface area contributed by atoms with Crippen molar-refractivity contribution in [3.05, 3.63) is 70.0 Å². The van der Waals surface area contributed by atoms with E-state index >= 15 is 0 Å². The van der Waals surface area contributed by atoms with Crippen molar-refractivity contribution in [2.24, 2.45) is 11.1 Å². The van der Waals surface area contributed by atoms with E-state index in [0.29, 0.717) is 11.3 Å². The van der Waals surface area contributed by atoms with Gasteiger partial charge in [-0.25, -0.2) is 17.9 Å². The van der Waals surface area contributed by atoms with Crippen molar-refractivity contribution >= 4 is 31.6 Å². The number of allylic oxidation sites excluding steroid dienone is 2. The van der Waals surface area contributed by atoms with Crippen LogP contribution < -0.4 is 10.5 Å². The molecule has 3 N–H and O–H groups in total. The zero-order chi connectivity index (χ0) is 17.8. The largest absolute Gasteiger partial charge is 0.375 e. The highest BCUT2D eigenvalue weighted by molar-refractivity contribution is 9.10. The van der Waals surface area contributed by atoms with Crippen LogP contribution in [0.5, 0.6) is 0 Å². The Morgan fingerprint density at radius 1 is 1.20 bits per heavy atom. The van der Waals surface area contributed by atoms with Gasteiger partial charge in [0.15, 0.2) is 0 Å². The molecule has 0 spiro atoms. The maximum Gasteiger partial charge on any atom is 0.238 e. The number of hydrogen-bond acceptors (Lipinski definition) is 3. The van der Waals surface area contributed by atoms with Crippen LogP contribution in [-0.4, -0.2) is 8.42 Å². The molecule has 1 aliphatic carbocycles. The predicted molar refractivity (Wildman–Crippen MR) is 98.3 cm³/mol. The molecular formula is C18H16BrFN2O2S. The summed E-state index contributed by atoms with van der Waals surface area (Å²) < 4.78 is 38.9. The van der Waals surface area contributed by atoms with E-state index in [9.17, 15) is 12.8 Å². The zero-order valence-corrected chi connectivity index (χ0v) is 15.5. The predicted octanol–water partition coefficient (Wildman–Crippen LogP) is 4.06.